The van der Waals surface area contributed by atoms with Crippen LogP contribution in [-0.2, 0) is 0 Å². The van der Waals surface area contributed by atoms with E-state index in [2.05, 4.69) is 56.6 Å². The third-order valence-corrected chi connectivity index (χ3v) is 5.71. The molecule has 0 radical (unpaired) electrons. The highest BCUT2D eigenvalue weighted by Gasteiger charge is 2.33. The van der Waals surface area contributed by atoms with Crippen LogP contribution >= 0.6 is 11.8 Å². The number of nitrogens with two attached hydrogens (primary N) is 1. The summed E-state index contributed by atoms with van der Waals surface area (Å²) in [6.07, 6.45) is 3.87. The van der Waals surface area contributed by atoms with Crippen LogP contribution in [0.25, 0.3) is 0 Å². The van der Waals surface area contributed by atoms with Gasteiger partial charge < -0.3 is 11.1 Å². The zero-order valence-corrected chi connectivity index (χ0v) is 15.4. The van der Waals surface area contributed by atoms with Crippen LogP contribution in [0, 0.1) is 0 Å². The van der Waals surface area contributed by atoms with Gasteiger partial charge in [-0.05, 0) is 44.6 Å². The van der Waals surface area contributed by atoms with Crippen LogP contribution in [0.3, 0.4) is 0 Å². The molecule has 7 nitrogen and oxygen atoms in total. The highest BCUT2D eigenvalue weighted by Crippen LogP contribution is 2.20. The molecule has 25 heavy (non-hydrogen) atoms. The molecule has 8 heteroatoms. The van der Waals surface area contributed by atoms with Crippen molar-refractivity contribution in [3.05, 3.63) is 30.3 Å². The van der Waals surface area contributed by atoms with E-state index in [0.717, 1.165) is 51.3 Å². The molecule has 1 saturated heterocycles. The highest BCUT2D eigenvalue weighted by molar-refractivity contribution is 7.99. The summed E-state index contributed by atoms with van der Waals surface area (Å²) in [5.74, 6) is 1.09. The lowest BCUT2D eigenvalue weighted by molar-refractivity contribution is -0.00740. The average Bonchev–Trinajstić information content (AvgIpc) is 3.13. The van der Waals surface area contributed by atoms with Crippen molar-refractivity contribution < 1.29 is 0 Å². The largest absolute Gasteiger partial charge is 0.330 e. The summed E-state index contributed by atoms with van der Waals surface area (Å²) < 4.78 is 0. The first-order valence-corrected chi connectivity index (χ1v) is 10.00. The molecule has 3 rings (SSSR count). The minimum Gasteiger partial charge on any atom is -0.330 e. The Hall–Kier alpha value is -1.32. The molecule has 0 bridgehead atoms. The highest BCUT2D eigenvalue weighted by atomic mass is 32.2. The van der Waals surface area contributed by atoms with Gasteiger partial charge in [-0.15, -0.1) is 16.9 Å². The molecule has 2 heterocycles. The van der Waals surface area contributed by atoms with Gasteiger partial charge in [0.05, 0.1) is 6.04 Å². The fraction of sp³-hybridized carbons (Fsp3) is 0.588. The smallest absolute Gasteiger partial charge is 0.126 e. The van der Waals surface area contributed by atoms with Crippen molar-refractivity contribution in [3.8, 4) is 0 Å². The average molecular weight is 364 g/mol. The minimum absolute atomic E-state index is 0.491. The standard InChI is InChI=1S/C17H29N7S/c18-8-4-9-19-15(13-25-17-5-2-1-3-6-17)7-10-23-11-16(12-23)24-21-14-20-22-24/h1-3,5-6,14-16,19,22H,4,7-13,18H2,(H,20,21)/t15-/m1/s1. The van der Waals surface area contributed by atoms with Crippen LogP contribution in [-0.4, -0.2) is 66.9 Å². The van der Waals surface area contributed by atoms with E-state index in [4.69, 9.17) is 5.73 Å². The van der Waals surface area contributed by atoms with Crippen LogP contribution < -0.4 is 22.0 Å². The second-order valence-electron chi connectivity index (χ2n) is 6.48. The van der Waals surface area contributed by atoms with Gasteiger partial charge in [0.2, 0.25) is 0 Å². The summed E-state index contributed by atoms with van der Waals surface area (Å²) in [6.45, 7) is 5.02. The zero-order chi connectivity index (χ0) is 17.3. The Kier molecular flexibility index (Phi) is 7.37. The quantitative estimate of drug-likeness (QED) is 0.335. The van der Waals surface area contributed by atoms with E-state index in [-0.39, 0.29) is 0 Å². The fourth-order valence-electron chi connectivity index (χ4n) is 2.99. The van der Waals surface area contributed by atoms with Crippen LogP contribution in [0.1, 0.15) is 12.8 Å². The number of rotatable bonds is 11. The van der Waals surface area contributed by atoms with Gasteiger partial charge in [0, 0.05) is 29.8 Å². The number of likely N-dealkylation sites (tertiary alicyclic amines) is 1. The number of hydrazone groups is 1. The van der Waals surface area contributed by atoms with E-state index in [1.165, 1.54) is 4.90 Å². The fourth-order valence-corrected chi connectivity index (χ4v) is 4.02. The lowest BCUT2D eigenvalue weighted by atomic mass is 10.1. The summed E-state index contributed by atoms with van der Waals surface area (Å²) in [7, 11) is 0. The first-order chi connectivity index (χ1) is 12.3. The molecule has 2 aliphatic rings. The minimum atomic E-state index is 0.491. The molecular weight excluding hydrogens is 334 g/mol. The van der Waals surface area contributed by atoms with Gasteiger partial charge in [-0.25, -0.2) is 5.53 Å². The number of nitrogens with zero attached hydrogens (tertiary/aromatic N) is 3. The van der Waals surface area contributed by atoms with Crippen molar-refractivity contribution in [1.29, 1.82) is 0 Å². The molecule has 0 spiro atoms. The molecule has 0 aromatic heterocycles. The van der Waals surface area contributed by atoms with Gasteiger partial charge in [0.15, 0.2) is 0 Å². The normalized spacial score (nSPS) is 19.4. The zero-order valence-electron chi connectivity index (χ0n) is 14.6. The summed E-state index contributed by atoms with van der Waals surface area (Å²) in [5.41, 5.74) is 11.7. The van der Waals surface area contributed by atoms with Gasteiger partial charge in [-0.3, -0.25) is 10.3 Å². The van der Waals surface area contributed by atoms with Crippen molar-refractivity contribution in [1.82, 2.24) is 26.3 Å². The molecule has 5 N–H and O–H groups in total. The number of hydrogen-bond donors (Lipinski definition) is 4. The molecule has 138 valence electrons. The molecular formula is C17H29N7S. The number of hydrogen-bond acceptors (Lipinski definition) is 8. The van der Waals surface area contributed by atoms with Gasteiger partial charge in [-0.2, -0.15) is 5.10 Å². The number of nitrogens with one attached hydrogen (secondary N) is 3. The van der Waals surface area contributed by atoms with E-state index in [0.29, 0.717) is 12.1 Å². The first-order valence-electron chi connectivity index (χ1n) is 9.01. The predicted octanol–water partition coefficient (Wildman–Crippen LogP) is 0.428. The van der Waals surface area contributed by atoms with E-state index in [1.807, 2.05) is 16.9 Å². The van der Waals surface area contributed by atoms with Crippen molar-refractivity contribution in [2.24, 2.45) is 10.8 Å². The maximum Gasteiger partial charge on any atom is 0.126 e. The number of benzene rings is 1. The third-order valence-electron chi connectivity index (χ3n) is 4.53. The van der Waals surface area contributed by atoms with Crippen LogP contribution in [0.4, 0.5) is 0 Å². The van der Waals surface area contributed by atoms with E-state index in [1.54, 1.807) is 6.34 Å². The predicted molar refractivity (Wildman–Crippen MR) is 104 cm³/mol. The Balaban J connectivity index is 1.37. The second kappa shape index (κ2) is 9.98. The van der Waals surface area contributed by atoms with E-state index in [9.17, 15) is 0 Å². The Labute approximate surface area is 154 Å². The van der Waals surface area contributed by atoms with Crippen LogP contribution in [0.5, 0.6) is 0 Å². The molecule has 0 aliphatic carbocycles. The molecule has 0 saturated carbocycles. The van der Waals surface area contributed by atoms with E-state index < -0.39 is 0 Å². The Morgan fingerprint density at radius 2 is 2.16 bits per heavy atom. The molecule has 0 unspecified atom stereocenters. The van der Waals surface area contributed by atoms with E-state index >= 15 is 0 Å². The summed E-state index contributed by atoms with van der Waals surface area (Å²) in [6, 6.07) is 11.6. The van der Waals surface area contributed by atoms with Crippen molar-refractivity contribution in [2.45, 2.75) is 29.8 Å². The number of hydrazine groups is 2. The van der Waals surface area contributed by atoms with Crippen molar-refractivity contribution >= 4 is 18.1 Å². The van der Waals surface area contributed by atoms with Gasteiger partial charge in [-0.1, -0.05) is 18.2 Å². The van der Waals surface area contributed by atoms with Crippen LogP contribution in [0.2, 0.25) is 0 Å². The Morgan fingerprint density at radius 3 is 2.88 bits per heavy atom. The molecule has 1 aromatic rings. The van der Waals surface area contributed by atoms with Crippen molar-refractivity contribution in [3.63, 3.8) is 0 Å². The lowest BCUT2D eigenvalue weighted by Crippen LogP contribution is -2.64. The molecule has 1 aromatic carbocycles. The second-order valence-corrected chi connectivity index (χ2v) is 7.57. The Morgan fingerprint density at radius 1 is 1.32 bits per heavy atom. The summed E-state index contributed by atoms with van der Waals surface area (Å²) in [4.78, 5) is 3.83. The Bertz CT molecular complexity index is 513. The monoisotopic (exact) mass is 363 g/mol. The van der Waals surface area contributed by atoms with Gasteiger partial charge in [0.1, 0.15) is 6.34 Å². The number of thioether (sulfide) groups is 1. The van der Waals surface area contributed by atoms with Crippen LogP contribution in [0.15, 0.2) is 40.3 Å². The molecule has 0 amide bonds. The third kappa shape index (κ3) is 5.86. The summed E-state index contributed by atoms with van der Waals surface area (Å²) in [5, 5.41) is 9.61. The maximum absolute atomic E-state index is 5.63. The SMILES string of the molecule is NCCCN[C@H](CCN1CC(N2NC=NN2)C1)CSc1ccccc1. The van der Waals surface area contributed by atoms with Gasteiger partial charge >= 0.3 is 0 Å². The summed E-state index contributed by atoms with van der Waals surface area (Å²) >= 11 is 1.93. The van der Waals surface area contributed by atoms with Crippen molar-refractivity contribution in [2.75, 3.05) is 38.5 Å². The molecule has 2 aliphatic heterocycles. The topological polar surface area (TPSA) is 81.0 Å². The molecule has 1 fully saturated rings. The maximum atomic E-state index is 5.63. The molecule has 1 atom stereocenters. The van der Waals surface area contributed by atoms with Gasteiger partial charge in [0.25, 0.3) is 0 Å². The first kappa shape index (κ1) is 18.5. The lowest BCUT2D eigenvalue weighted by Gasteiger charge is -2.43.